The van der Waals surface area contributed by atoms with Crippen molar-refractivity contribution in [3.8, 4) is 0 Å². The largest absolute Gasteiger partial charge is 0.394 e. The predicted octanol–water partition coefficient (Wildman–Crippen LogP) is -3.80. The van der Waals surface area contributed by atoms with Crippen LogP contribution in [0.3, 0.4) is 0 Å². The average Bonchev–Trinajstić information content (AvgIpc) is 2.72. The number of amides is 2. The van der Waals surface area contributed by atoms with Gasteiger partial charge in [-0.05, 0) is 0 Å². The second kappa shape index (κ2) is 11.4. The summed E-state index contributed by atoms with van der Waals surface area (Å²) in [7, 11) is 2.63. The van der Waals surface area contributed by atoms with E-state index in [4.69, 9.17) is 23.7 Å². The normalized spacial score (nSPS) is 40.9. The van der Waals surface area contributed by atoms with Gasteiger partial charge in [0.2, 0.25) is 11.8 Å². The zero-order valence-corrected chi connectivity index (χ0v) is 17.8. The van der Waals surface area contributed by atoms with E-state index in [1.807, 2.05) is 0 Å². The summed E-state index contributed by atoms with van der Waals surface area (Å²) in [5.41, 5.74) is 0. The smallest absolute Gasteiger partial charge is 0.217 e. The third-order valence-corrected chi connectivity index (χ3v) is 5.24. The van der Waals surface area contributed by atoms with Crippen LogP contribution in [0, 0.1) is 0 Å². The van der Waals surface area contributed by atoms with Crippen LogP contribution in [0.1, 0.15) is 13.8 Å². The fourth-order valence-corrected chi connectivity index (χ4v) is 3.84. The van der Waals surface area contributed by atoms with Gasteiger partial charge in [-0.25, -0.2) is 0 Å². The molecule has 2 rings (SSSR count). The Labute approximate surface area is 179 Å². The summed E-state index contributed by atoms with van der Waals surface area (Å²) in [5, 5.41) is 46.0. The summed E-state index contributed by atoms with van der Waals surface area (Å²) < 4.78 is 27.5. The summed E-state index contributed by atoms with van der Waals surface area (Å²) in [6, 6.07) is -2.17. The molecule has 2 fully saturated rings. The van der Waals surface area contributed by atoms with Crippen LogP contribution in [0.5, 0.6) is 0 Å². The summed E-state index contributed by atoms with van der Waals surface area (Å²) in [6.07, 6.45) is -9.45. The van der Waals surface area contributed by atoms with Gasteiger partial charge in [0.15, 0.2) is 12.6 Å². The summed E-state index contributed by atoms with van der Waals surface area (Å²) in [6.45, 7) is 1.39. The molecular formula is C18H32N2O11. The first-order chi connectivity index (χ1) is 14.7. The van der Waals surface area contributed by atoms with Crippen molar-refractivity contribution in [2.45, 2.75) is 75.1 Å². The molecule has 0 spiro atoms. The molecule has 0 aromatic rings. The minimum atomic E-state index is -1.41. The van der Waals surface area contributed by atoms with E-state index in [9.17, 15) is 30.0 Å². The van der Waals surface area contributed by atoms with E-state index in [1.54, 1.807) is 0 Å². The second-order valence-electron chi connectivity index (χ2n) is 7.42. The number of ether oxygens (including phenoxy) is 5. The topological polar surface area (TPSA) is 185 Å². The average molecular weight is 452 g/mol. The lowest BCUT2D eigenvalue weighted by atomic mass is 9.94. The maximum Gasteiger partial charge on any atom is 0.217 e. The van der Waals surface area contributed by atoms with Gasteiger partial charge >= 0.3 is 0 Å². The molecule has 0 aliphatic carbocycles. The lowest BCUT2D eigenvalue weighted by Crippen LogP contribution is -2.69. The van der Waals surface area contributed by atoms with Gasteiger partial charge in [0.25, 0.3) is 0 Å². The molecule has 2 amide bonds. The van der Waals surface area contributed by atoms with Gasteiger partial charge in [0, 0.05) is 28.1 Å². The number of methoxy groups -OCH3 is 2. The van der Waals surface area contributed by atoms with Crippen molar-refractivity contribution in [1.82, 2.24) is 10.6 Å². The Morgan fingerprint density at radius 3 is 1.71 bits per heavy atom. The standard InChI is InChI=1S/C18H32N2O11/c1-7(23)19-11-14(26)16(10(6-22)29-17(11)28-4)31-18-12(20-8(2)24)13(25)15(27-3)9(5-21)30-18/h9-18,21-22,25-26H,5-6H2,1-4H3,(H,19,23)(H,20,24)/t9?,10?,11?,12-,13?,14+,15+,16+,17-,18-/m1/s1. The Morgan fingerprint density at radius 1 is 0.806 bits per heavy atom. The molecule has 2 saturated heterocycles. The van der Waals surface area contributed by atoms with Gasteiger partial charge in [-0.3, -0.25) is 9.59 Å². The van der Waals surface area contributed by atoms with Crippen molar-refractivity contribution in [2.75, 3.05) is 27.4 Å². The van der Waals surface area contributed by atoms with Gasteiger partial charge in [-0.2, -0.15) is 0 Å². The second-order valence-corrected chi connectivity index (χ2v) is 7.42. The minimum Gasteiger partial charge on any atom is -0.394 e. The van der Waals surface area contributed by atoms with Crippen LogP contribution < -0.4 is 10.6 Å². The van der Waals surface area contributed by atoms with Crippen LogP contribution in [0.25, 0.3) is 0 Å². The van der Waals surface area contributed by atoms with E-state index < -0.39 is 86.3 Å². The molecular weight excluding hydrogens is 420 g/mol. The SMILES string of the molecule is CO[C@@H]1OC(CO)[C@H](O[C@H]2OC(CO)[C@H](OC)C(O)[C@H]2NC(C)=O)[C@@H](O)C1NC(C)=O. The highest BCUT2D eigenvalue weighted by Gasteiger charge is 2.52. The first-order valence-corrected chi connectivity index (χ1v) is 9.82. The van der Waals surface area contributed by atoms with Crippen LogP contribution in [0.15, 0.2) is 0 Å². The molecule has 10 atom stereocenters. The molecule has 180 valence electrons. The molecule has 0 aromatic carbocycles. The Morgan fingerprint density at radius 2 is 1.26 bits per heavy atom. The number of aliphatic hydroxyl groups is 4. The Kier molecular flexibility index (Phi) is 9.54. The number of hydrogen-bond donors (Lipinski definition) is 6. The lowest BCUT2D eigenvalue weighted by Gasteiger charge is -2.48. The zero-order valence-electron chi connectivity index (χ0n) is 17.8. The van der Waals surface area contributed by atoms with Crippen LogP contribution in [0.4, 0.5) is 0 Å². The van der Waals surface area contributed by atoms with Crippen LogP contribution in [-0.2, 0) is 33.3 Å². The third-order valence-electron chi connectivity index (χ3n) is 5.24. The van der Waals surface area contributed by atoms with Gasteiger partial charge in [-0.1, -0.05) is 0 Å². The van der Waals surface area contributed by atoms with Gasteiger partial charge in [-0.15, -0.1) is 0 Å². The van der Waals surface area contributed by atoms with E-state index in [2.05, 4.69) is 10.6 Å². The Hall–Kier alpha value is -1.42. The first kappa shape index (κ1) is 25.8. The summed E-state index contributed by atoms with van der Waals surface area (Å²) in [5.74, 6) is -0.951. The van der Waals surface area contributed by atoms with Crippen LogP contribution >= 0.6 is 0 Å². The number of nitrogens with one attached hydrogen (secondary N) is 2. The summed E-state index contributed by atoms with van der Waals surface area (Å²) >= 11 is 0. The van der Waals surface area contributed by atoms with Gasteiger partial charge < -0.3 is 54.7 Å². The van der Waals surface area contributed by atoms with Crippen molar-refractivity contribution >= 4 is 11.8 Å². The van der Waals surface area contributed by atoms with E-state index >= 15 is 0 Å². The number of carbonyl (C=O) groups is 2. The molecule has 0 bridgehead atoms. The van der Waals surface area contributed by atoms with Crippen molar-refractivity contribution in [3.63, 3.8) is 0 Å². The van der Waals surface area contributed by atoms with E-state index in [0.29, 0.717) is 0 Å². The molecule has 2 aliphatic heterocycles. The number of rotatable bonds is 8. The van der Waals surface area contributed by atoms with Gasteiger partial charge in [0.05, 0.1) is 13.2 Å². The molecule has 0 saturated carbocycles. The van der Waals surface area contributed by atoms with Crippen LogP contribution in [-0.4, -0.2) is 121 Å². The molecule has 0 aromatic heterocycles. The first-order valence-electron chi connectivity index (χ1n) is 9.82. The fraction of sp³-hybridized carbons (Fsp3) is 0.889. The Balaban J connectivity index is 2.30. The molecule has 4 unspecified atom stereocenters. The predicted molar refractivity (Wildman–Crippen MR) is 101 cm³/mol. The van der Waals surface area contributed by atoms with E-state index in [1.165, 1.54) is 28.1 Å². The molecule has 13 nitrogen and oxygen atoms in total. The highest BCUT2D eigenvalue weighted by Crippen LogP contribution is 2.30. The molecule has 2 heterocycles. The maximum absolute atomic E-state index is 11.7. The molecule has 31 heavy (non-hydrogen) atoms. The summed E-state index contributed by atoms with van der Waals surface area (Å²) in [4.78, 5) is 23.2. The van der Waals surface area contributed by atoms with Crippen molar-refractivity contribution in [3.05, 3.63) is 0 Å². The monoisotopic (exact) mass is 452 g/mol. The number of carbonyl (C=O) groups excluding carboxylic acids is 2. The molecule has 13 heteroatoms. The van der Waals surface area contributed by atoms with Crippen molar-refractivity contribution in [2.24, 2.45) is 0 Å². The van der Waals surface area contributed by atoms with Crippen molar-refractivity contribution in [1.29, 1.82) is 0 Å². The maximum atomic E-state index is 11.7. The lowest BCUT2D eigenvalue weighted by molar-refractivity contribution is -0.331. The van der Waals surface area contributed by atoms with Gasteiger partial charge in [0.1, 0.15) is 48.7 Å². The number of aliphatic hydroxyl groups excluding tert-OH is 4. The quantitative estimate of drug-likeness (QED) is 0.212. The van der Waals surface area contributed by atoms with Crippen molar-refractivity contribution < 1.29 is 53.7 Å². The fourth-order valence-electron chi connectivity index (χ4n) is 3.84. The highest BCUT2D eigenvalue weighted by atomic mass is 16.7. The molecule has 6 N–H and O–H groups in total. The van der Waals surface area contributed by atoms with E-state index in [0.717, 1.165) is 0 Å². The Bertz CT molecular complexity index is 609. The minimum absolute atomic E-state index is 0.459. The third kappa shape index (κ3) is 5.88. The van der Waals surface area contributed by atoms with E-state index in [-0.39, 0.29) is 0 Å². The molecule has 0 radical (unpaired) electrons. The highest BCUT2D eigenvalue weighted by molar-refractivity contribution is 5.73. The zero-order chi connectivity index (χ0) is 23.3. The molecule has 2 aliphatic rings. The van der Waals surface area contributed by atoms with Crippen LogP contribution in [0.2, 0.25) is 0 Å². The number of hydrogen-bond acceptors (Lipinski definition) is 11.